The minimum Gasteiger partial charge on any atom is -0.325 e. The van der Waals surface area contributed by atoms with Gasteiger partial charge < -0.3 is 10.2 Å². The smallest absolute Gasteiger partial charge is 0.242 e. The molecule has 29 heavy (non-hydrogen) atoms. The third kappa shape index (κ3) is 4.35. The van der Waals surface area contributed by atoms with Crippen LogP contribution >= 0.6 is 11.8 Å². The lowest BCUT2D eigenvalue weighted by Gasteiger charge is -2.18. The highest BCUT2D eigenvalue weighted by atomic mass is 32.2. The van der Waals surface area contributed by atoms with E-state index in [1.165, 1.54) is 11.8 Å². The summed E-state index contributed by atoms with van der Waals surface area (Å²) in [5.74, 6) is -0.0182. The number of carbonyl (C=O) groups excluding carboxylic acids is 2. The number of fused-ring (bicyclic) bond motifs is 1. The van der Waals surface area contributed by atoms with Gasteiger partial charge in [-0.25, -0.2) is 0 Å². The van der Waals surface area contributed by atoms with Gasteiger partial charge in [0.25, 0.3) is 0 Å². The van der Waals surface area contributed by atoms with Crippen LogP contribution in [0.5, 0.6) is 0 Å². The Morgan fingerprint density at radius 3 is 2.34 bits per heavy atom. The van der Waals surface area contributed by atoms with Crippen molar-refractivity contribution < 1.29 is 9.59 Å². The Morgan fingerprint density at radius 1 is 0.966 bits per heavy atom. The summed E-state index contributed by atoms with van der Waals surface area (Å²) in [6.45, 7) is 2.27. The van der Waals surface area contributed by atoms with Crippen molar-refractivity contribution in [3.63, 3.8) is 0 Å². The number of hydrogen-bond donors (Lipinski definition) is 1. The molecule has 0 radical (unpaired) electrons. The molecule has 1 atom stereocenters. The van der Waals surface area contributed by atoms with Crippen molar-refractivity contribution in [3.8, 4) is 0 Å². The molecule has 0 saturated heterocycles. The van der Waals surface area contributed by atoms with Crippen LogP contribution in [0.1, 0.15) is 23.3 Å². The minimum absolute atomic E-state index is 0.0453. The number of nitrogens with zero attached hydrogens (tertiary/aromatic N) is 1. The molecule has 4 rings (SSSR count). The van der Waals surface area contributed by atoms with E-state index < -0.39 is 0 Å². The Bertz CT molecular complexity index is 1020. The van der Waals surface area contributed by atoms with Crippen molar-refractivity contribution in [1.29, 1.82) is 0 Å². The fraction of sp³-hybridized carbons (Fsp3) is 0.167. The molecule has 4 nitrogen and oxygen atoms in total. The molecule has 3 aromatic carbocycles. The lowest BCUT2D eigenvalue weighted by Crippen LogP contribution is -2.25. The topological polar surface area (TPSA) is 49.4 Å². The van der Waals surface area contributed by atoms with Gasteiger partial charge in [0.1, 0.15) is 5.25 Å². The van der Waals surface area contributed by atoms with Gasteiger partial charge in [-0.15, -0.1) is 11.8 Å². The number of hydrogen-bond acceptors (Lipinski definition) is 3. The number of benzene rings is 3. The first kappa shape index (κ1) is 19.3. The van der Waals surface area contributed by atoms with E-state index in [1.807, 2.05) is 78.9 Å². The summed E-state index contributed by atoms with van der Waals surface area (Å²) < 4.78 is 0. The van der Waals surface area contributed by atoms with Crippen molar-refractivity contribution in [3.05, 3.63) is 90.0 Å². The summed E-state index contributed by atoms with van der Waals surface area (Å²) >= 11 is 1.53. The van der Waals surface area contributed by atoms with Crippen molar-refractivity contribution in [2.75, 3.05) is 16.8 Å². The van der Waals surface area contributed by atoms with E-state index in [0.717, 1.165) is 33.8 Å². The van der Waals surface area contributed by atoms with Crippen LogP contribution in [0.3, 0.4) is 0 Å². The Balaban J connectivity index is 1.56. The molecular weight excluding hydrogens is 380 g/mol. The molecule has 1 N–H and O–H groups in total. The van der Waals surface area contributed by atoms with Gasteiger partial charge in [-0.1, -0.05) is 48.5 Å². The van der Waals surface area contributed by atoms with E-state index in [-0.39, 0.29) is 17.1 Å². The molecule has 2 amide bonds. The first-order valence-corrected chi connectivity index (χ1v) is 10.5. The second-order valence-electron chi connectivity index (χ2n) is 6.98. The van der Waals surface area contributed by atoms with Gasteiger partial charge in [0.2, 0.25) is 11.8 Å². The van der Waals surface area contributed by atoms with E-state index in [9.17, 15) is 9.59 Å². The number of carbonyl (C=O) groups is 2. The number of thioether (sulfide) groups is 1. The molecule has 1 aliphatic heterocycles. The second-order valence-corrected chi connectivity index (χ2v) is 8.15. The minimum atomic E-state index is -0.361. The molecule has 0 unspecified atom stereocenters. The van der Waals surface area contributed by atoms with Crippen LogP contribution in [0.15, 0.2) is 83.8 Å². The molecule has 0 spiro atoms. The summed E-state index contributed by atoms with van der Waals surface area (Å²) in [6.07, 6.45) is 0.805. The van der Waals surface area contributed by atoms with Crippen molar-refractivity contribution in [2.45, 2.75) is 23.5 Å². The lowest BCUT2D eigenvalue weighted by atomic mass is 10.1. The quantitative estimate of drug-likeness (QED) is 0.606. The maximum atomic E-state index is 13.2. The van der Waals surface area contributed by atoms with Crippen molar-refractivity contribution >= 4 is 35.0 Å². The Kier molecular flexibility index (Phi) is 5.67. The third-order valence-corrected chi connectivity index (χ3v) is 6.23. The molecule has 146 valence electrons. The zero-order valence-electron chi connectivity index (χ0n) is 16.2. The van der Waals surface area contributed by atoms with E-state index in [0.29, 0.717) is 6.54 Å². The first-order chi connectivity index (χ1) is 14.1. The fourth-order valence-electron chi connectivity index (χ4n) is 3.55. The molecule has 5 heteroatoms. The highest BCUT2D eigenvalue weighted by molar-refractivity contribution is 8.00. The van der Waals surface area contributed by atoms with E-state index in [1.54, 1.807) is 11.8 Å². The molecule has 0 bridgehead atoms. The third-order valence-electron chi connectivity index (χ3n) is 4.96. The molecule has 3 aromatic rings. The lowest BCUT2D eigenvalue weighted by molar-refractivity contribution is -0.117. The van der Waals surface area contributed by atoms with E-state index >= 15 is 0 Å². The summed E-state index contributed by atoms with van der Waals surface area (Å²) in [5.41, 5.74) is 3.75. The largest absolute Gasteiger partial charge is 0.325 e. The molecule has 0 aromatic heterocycles. The molecule has 1 aliphatic rings. The van der Waals surface area contributed by atoms with Crippen LogP contribution in [0.2, 0.25) is 0 Å². The zero-order chi connectivity index (χ0) is 20.2. The average Bonchev–Trinajstić information content (AvgIpc) is 3.17. The average molecular weight is 403 g/mol. The van der Waals surface area contributed by atoms with E-state index in [2.05, 4.69) is 5.32 Å². The fourth-order valence-corrected chi connectivity index (χ4v) is 4.60. The molecule has 0 aliphatic carbocycles. The highest BCUT2D eigenvalue weighted by Gasteiger charge is 2.25. The van der Waals surface area contributed by atoms with Gasteiger partial charge in [-0.3, -0.25) is 9.59 Å². The van der Waals surface area contributed by atoms with Gasteiger partial charge in [-0.05, 0) is 47.9 Å². The predicted octanol–water partition coefficient (Wildman–Crippen LogP) is 5.07. The number of anilines is 2. The summed E-state index contributed by atoms with van der Waals surface area (Å²) in [4.78, 5) is 27.8. The van der Waals surface area contributed by atoms with Gasteiger partial charge >= 0.3 is 0 Å². The second kappa shape index (κ2) is 8.53. The van der Waals surface area contributed by atoms with Gasteiger partial charge in [0, 0.05) is 29.7 Å². The molecular formula is C24H22N2O2S. The maximum Gasteiger partial charge on any atom is 0.242 e. The van der Waals surface area contributed by atoms with Crippen LogP contribution in [-0.2, 0) is 16.0 Å². The molecule has 0 fully saturated rings. The molecule has 1 heterocycles. The highest BCUT2D eigenvalue weighted by Crippen LogP contribution is 2.37. The van der Waals surface area contributed by atoms with Crippen LogP contribution in [0, 0.1) is 0 Å². The predicted molar refractivity (Wildman–Crippen MR) is 118 cm³/mol. The first-order valence-electron chi connectivity index (χ1n) is 9.60. The Labute approximate surface area is 174 Å². The summed E-state index contributed by atoms with van der Waals surface area (Å²) in [6, 6.07) is 25.5. The van der Waals surface area contributed by atoms with Gasteiger partial charge in [-0.2, -0.15) is 0 Å². The van der Waals surface area contributed by atoms with E-state index in [4.69, 9.17) is 0 Å². The normalized spacial score (nSPS) is 13.6. The number of nitrogens with one attached hydrogen (secondary N) is 1. The van der Waals surface area contributed by atoms with Crippen molar-refractivity contribution in [1.82, 2.24) is 0 Å². The SMILES string of the molecule is CC(=O)N1CCc2cc(NC(=O)[C@H](Sc3ccccc3)c3ccccc3)ccc21. The number of amides is 2. The number of rotatable bonds is 5. The standard InChI is InChI=1S/C24H22N2O2S/c1-17(27)26-15-14-19-16-20(12-13-22(19)26)25-24(28)23(18-8-4-2-5-9-18)29-21-10-6-3-7-11-21/h2-13,16,23H,14-15H2,1H3,(H,25,28)/t23-/m1/s1. The monoisotopic (exact) mass is 402 g/mol. The van der Waals surface area contributed by atoms with Crippen LogP contribution in [0.4, 0.5) is 11.4 Å². The van der Waals surface area contributed by atoms with Crippen molar-refractivity contribution in [2.24, 2.45) is 0 Å². The van der Waals surface area contributed by atoms with Crippen LogP contribution in [0.25, 0.3) is 0 Å². The summed E-state index contributed by atoms with van der Waals surface area (Å²) in [7, 11) is 0. The zero-order valence-corrected chi connectivity index (χ0v) is 17.0. The maximum absolute atomic E-state index is 13.2. The van der Waals surface area contributed by atoms with Gasteiger partial charge in [0.15, 0.2) is 0 Å². The molecule has 0 saturated carbocycles. The summed E-state index contributed by atoms with van der Waals surface area (Å²) in [5, 5.41) is 2.71. The van der Waals surface area contributed by atoms with Crippen LogP contribution < -0.4 is 10.2 Å². The van der Waals surface area contributed by atoms with Gasteiger partial charge in [0.05, 0.1) is 0 Å². The van der Waals surface area contributed by atoms with Crippen LogP contribution in [-0.4, -0.2) is 18.4 Å². The Morgan fingerprint density at radius 2 is 1.66 bits per heavy atom. The Hall–Kier alpha value is -3.05.